The molecule has 0 aliphatic heterocycles. The average Bonchev–Trinajstić information content (AvgIpc) is 2.05. The Bertz CT molecular complexity index is 290. The van der Waals surface area contributed by atoms with Gasteiger partial charge in [-0.1, -0.05) is 18.2 Å². The van der Waals surface area contributed by atoms with Gasteiger partial charge in [-0.15, -0.1) is 3.89 Å². The molecular weight excluding hydrogens is 177 g/mol. The van der Waals surface area contributed by atoms with E-state index < -0.39 is 11.2 Å². The lowest BCUT2D eigenvalue weighted by Gasteiger charge is -2.01. The highest BCUT2D eigenvalue weighted by atomic mass is 32.2. The molecule has 0 radical (unpaired) electrons. The summed E-state index contributed by atoms with van der Waals surface area (Å²) in [7, 11) is 0. The van der Waals surface area contributed by atoms with E-state index in [4.69, 9.17) is 5.73 Å². The van der Waals surface area contributed by atoms with Gasteiger partial charge in [0.1, 0.15) is 0 Å². The van der Waals surface area contributed by atoms with Gasteiger partial charge in [0.2, 0.25) is 11.2 Å². The third-order valence-corrected chi connectivity index (χ3v) is 2.30. The van der Waals surface area contributed by atoms with E-state index in [0.29, 0.717) is 13.0 Å². The normalized spacial score (nSPS) is 12.8. The van der Waals surface area contributed by atoms with Gasteiger partial charge in [-0.2, -0.15) is 0 Å². The van der Waals surface area contributed by atoms with Crippen molar-refractivity contribution >= 4 is 11.2 Å². The largest absolute Gasteiger partial charge is 0.330 e. The zero-order valence-electron chi connectivity index (χ0n) is 6.50. The summed E-state index contributed by atoms with van der Waals surface area (Å²) >= 11 is -2.40. The van der Waals surface area contributed by atoms with Crippen LogP contribution in [-0.2, 0) is 17.6 Å². The van der Waals surface area contributed by atoms with Crippen molar-refractivity contribution in [2.45, 2.75) is 11.3 Å². The Morgan fingerprint density at radius 1 is 1.42 bits per heavy atom. The Kier molecular flexibility index (Phi) is 3.37. The molecule has 66 valence electrons. The van der Waals surface area contributed by atoms with E-state index in [2.05, 4.69) is 0 Å². The fourth-order valence-electron chi connectivity index (χ4n) is 1.02. The van der Waals surface area contributed by atoms with Gasteiger partial charge in [0.15, 0.2) is 0 Å². The van der Waals surface area contributed by atoms with Crippen LogP contribution in [0, 0.1) is 0 Å². The number of rotatable bonds is 3. The van der Waals surface area contributed by atoms with Crippen LogP contribution >= 0.6 is 0 Å². The number of hydrogen-bond donors (Lipinski definition) is 1. The fraction of sp³-hybridized carbons (Fsp3) is 0.250. The molecule has 2 nitrogen and oxygen atoms in total. The highest BCUT2D eigenvalue weighted by Gasteiger charge is 2.06. The van der Waals surface area contributed by atoms with Gasteiger partial charge in [0.25, 0.3) is 0 Å². The molecule has 0 amide bonds. The van der Waals surface area contributed by atoms with Crippen molar-refractivity contribution in [3.05, 3.63) is 29.8 Å². The zero-order valence-corrected chi connectivity index (χ0v) is 7.31. The van der Waals surface area contributed by atoms with Crippen molar-refractivity contribution in [1.82, 2.24) is 0 Å². The molecule has 1 rings (SSSR count). The minimum absolute atomic E-state index is 0.239. The highest BCUT2D eigenvalue weighted by molar-refractivity contribution is 7.79. The van der Waals surface area contributed by atoms with Crippen LogP contribution in [-0.4, -0.2) is 10.8 Å². The lowest BCUT2D eigenvalue weighted by atomic mass is 10.1. The van der Waals surface area contributed by atoms with E-state index in [-0.39, 0.29) is 4.90 Å². The topological polar surface area (TPSA) is 43.1 Å². The van der Waals surface area contributed by atoms with Gasteiger partial charge < -0.3 is 5.73 Å². The zero-order chi connectivity index (χ0) is 8.97. The van der Waals surface area contributed by atoms with Crippen molar-refractivity contribution in [2.75, 3.05) is 6.54 Å². The maximum absolute atomic E-state index is 12.4. The summed E-state index contributed by atoms with van der Waals surface area (Å²) in [5, 5.41) is 0. The van der Waals surface area contributed by atoms with Crippen LogP contribution in [0.3, 0.4) is 0 Å². The van der Waals surface area contributed by atoms with Crippen LogP contribution in [0.15, 0.2) is 29.2 Å². The first kappa shape index (κ1) is 9.35. The molecule has 2 N–H and O–H groups in total. The quantitative estimate of drug-likeness (QED) is 0.722. The van der Waals surface area contributed by atoms with Crippen molar-refractivity contribution < 1.29 is 8.09 Å². The van der Waals surface area contributed by atoms with Crippen LogP contribution in [0.1, 0.15) is 5.56 Å². The van der Waals surface area contributed by atoms with E-state index >= 15 is 0 Å². The van der Waals surface area contributed by atoms with Gasteiger partial charge in [0, 0.05) is 0 Å². The van der Waals surface area contributed by atoms with E-state index in [0.717, 1.165) is 5.56 Å². The summed E-state index contributed by atoms with van der Waals surface area (Å²) in [6.07, 6.45) is 0.561. The fourth-order valence-corrected chi connectivity index (χ4v) is 1.58. The monoisotopic (exact) mass is 187 g/mol. The standard InChI is InChI=1S/C8H10FNOS/c9-12(11)8-4-2-1-3-7(8)5-6-10/h1-4H,5-6,10H2. The van der Waals surface area contributed by atoms with Gasteiger partial charge in [-0.05, 0) is 24.6 Å². The van der Waals surface area contributed by atoms with Crippen LogP contribution in [0.4, 0.5) is 3.89 Å². The van der Waals surface area contributed by atoms with Crippen LogP contribution in [0.2, 0.25) is 0 Å². The summed E-state index contributed by atoms with van der Waals surface area (Å²) < 4.78 is 23.0. The third kappa shape index (κ3) is 2.12. The molecule has 0 spiro atoms. The van der Waals surface area contributed by atoms with E-state index in [1.807, 2.05) is 0 Å². The average molecular weight is 187 g/mol. The molecule has 12 heavy (non-hydrogen) atoms. The predicted octanol–water partition coefficient (Wildman–Crippen LogP) is 1.18. The van der Waals surface area contributed by atoms with Crippen molar-refractivity contribution in [3.63, 3.8) is 0 Å². The lowest BCUT2D eigenvalue weighted by molar-refractivity contribution is 0.647. The summed E-state index contributed by atoms with van der Waals surface area (Å²) in [5.41, 5.74) is 6.03. The van der Waals surface area contributed by atoms with E-state index in [1.165, 1.54) is 6.07 Å². The molecule has 1 unspecified atom stereocenters. The number of benzene rings is 1. The Labute approximate surface area is 73.3 Å². The first-order chi connectivity index (χ1) is 5.75. The molecule has 0 aliphatic rings. The minimum Gasteiger partial charge on any atom is -0.330 e. The van der Waals surface area contributed by atoms with Crippen LogP contribution < -0.4 is 5.73 Å². The summed E-state index contributed by atoms with van der Waals surface area (Å²) in [5.74, 6) is 0. The first-order valence-corrected chi connectivity index (χ1v) is 4.66. The van der Waals surface area contributed by atoms with Crippen molar-refractivity contribution in [2.24, 2.45) is 5.73 Å². The van der Waals surface area contributed by atoms with Crippen molar-refractivity contribution in [3.8, 4) is 0 Å². The van der Waals surface area contributed by atoms with Gasteiger partial charge in [-0.25, -0.2) is 4.21 Å². The van der Waals surface area contributed by atoms with Gasteiger partial charge >= 0.3 is 0 Å². The Balaban J connectivity index is 3.00. The molecule has 0 aromatic heterocycles. The number of nitrogens with two attached hydrogens (primary N) is 1. The summed E-state index contributed by atoms with van der Waals surface area (Å²) in [6, 6.07) is 6.69. The maximum atomic E-state index is 12.4. The van der Waals surface area contributed by atoms with Crippen LogP contribution in [0.25, 0.3) is 0 Å². The Morgan fingerprint density at radius 3 is 2.67 bits per heavy atom. The smallest absolute Gasteiger partial charge is 0.231 e. The SMILES string of the molecule is NCCc1ccccc1S(=O)F. The predicted molar refractivity (Wildman–Crippen MR) is 46.7 cm³/mol. The Hall–Kier alpha value is -0.740. The molecule has 0 saturated carbocycles. The minimum atomic E-state index is -2.40. The summed E-state index contributed by atoms with van der Waals surface area (Å²) in [4.78, 5) is 0.239. The maximum Gasteiger partial charge on any atom is 0.231 e. The summed E-state index contributed by atoms with van der Waals surface area (Å²) in [6.45, 7) is 0.439. The highest BCUT2D eigenvalue weighted by Crippen LogP contribution is 2.14. The number of halogens is 1. The molecule has 4 heteroatoms. The van der Waals surface area contributed by atoms with Crippen LogP contribution in [0.5, 0.6) is 0 Å². The second-order valence-electron chi connectivity index (χ2n) is 2.37. The molecule has 1 aromatic rings. The molecule has 0 heterocycles. The second-order valence-corrected chi connectivity index (χ2v) is 3.26. The molecule has 0 aliphatic carbocycles. The lowest BCUT2D eigenvalue weighted by Crippen LogP contribution is -2.04. The van der Waals surface area contributed by atoms with E-state index in [1.54, 1.807) is 18.2 Å². The van der Waals surface area contributed by atoms with Crippen molar-refractivity contribution in [1.29, 1.82) is 0 Å². The molecular formula is C8H10FNOS. The molecule has 0 fully saturated rings. The first-order valence-electron chi connectivity index (χ1n) is 3.61. The molecule has 1 atom stereocenters. The molecule has 0 bridgehead atoms. The third-order valence-electron chi connectivity index (χ3n) is 1.56. The molecule has 1 aromatic carbocycles. The molecule has 0 saturated heterocycles. The second kappa shape index (κ2) is 4.33. The van der Waals surface area contributed by atoms with E-state index in [9.17, 15) is 8.09 Å². The number of hydrogen-bond acceptors (Lipinski definition) is 2. The Morgan fingerprint density at radius 2 is 2.08 bits per heavy atom. The van der Waals surface area contributed by atoms with Gasteiger partial charge in [0.05, 0.1) is 4.90 Å². The van der Waals surface area contributed by atoms with Gasteiger partial charge in [-0.3, -0.25) is 0 Å².